The number of imide groups is 2. The summed E-state index contributed by atoms with van der Waals surface area (Å²) < 4.78 is 0. The topological polar surface area (TPSA) is 79.4 Å². The highest BCUT2D eigenvalue weighted by molar-refractivity contribution is 6.31. The normalized spacial score (nSPS) is 20.0. The van der Waals surface area contributed by atoms with Crippen molar-refractivity contribution in [3.05, 3.63) is 36.5 Å². The largest absolute Gasteiger partial charge is 0.335 e. The molecule has 0 unspecified atom stereocenters. The minimum atomic E-state index is -1.03. The number of hydrogen-bond donors (Lipinski definition) is 1. The van der Waals surface area contributed by atoms with Crippen molar-refractivity contribution in [2.24, 2.45) is 5.41 Å². The fraction of sp³-hybridized carbons (Fsp3) is 0.200. The molecule has 4 amide bonds. The molecule has 0 atom stereocenters. The Morgan fingerprint density at radius 2 is 1.95 bits per heavy atom. The molecule has 1 spiro atoms. The predicted octanol–water partition coefficient (Wildman–Crippen LogP) is 1.60. The van der Waals surface area contributed by atoms with Crippen LogP contribution in [0.3, 0.4) is 0 Å². The van der Waals surface area contributed by atoms with Gasteiger partial charge in [-0.25, -0.2) is 9.69 Å². The van der Waals surface area contributed by atoms with Gasteiger partial charge >= 0.3 is 6.03 Å². The van der Waals surface area contributed by atoms with Crippen LogP contribution in [0.2, 0.25) is 0 Å². The van der Waals surface area contributed by atoms with Crippen LogP contribution >= 0.6 is 0 Å². The first-order chi connectivity index (χ1) is 10.1. The number of fused-ring (bicyclic) bond motifs is 1. The van der Waals surface area contributed by atoms with Gasteiger partial charge in [0, 0.05) is 11.6 Å². The van der Waals surface area contributed by atoms with Crippen molar-refractivity contribution >= 4 is 34.4 Å². The van der Waals surface area contributed by atoms with Gasteiger partial charge in [-0.15, -0.1) is 0 Å². The second kappa shape index (κ2) is 3.88. The molecule has 4 rings (SSSR count). The Labute approximate surface area is 119 Å². The number of benzene rings is 1. The molecule has 6 nitrogen and oxygen atoms in total. The third-order valence-electron chi connectivity index (χ3n) is 4.07. The van der Waals surface area contributed by atoms with E-state index in [1.165, 1.54) is 0 Å². The second-order valence-corrected chi connectivity index (χ2v) is 5.36. The fourth-order valence-corrected chi connectivity index (χ4v) is 2.68. The van der Waals surface area contributed by atoms with Gasteiger partial charge in [0.25, 0.3) is 5.91 Å². The van der Waals surface area contributed by atoms with Crippen LogP contribution in [0.1, 0.15) is 12.8 Å². The molecule has 2 aliphatic rings. The lowest BCUT2D eigenvalue weighted by atomic mass is 10.0. The molecule has 2 aromatic rings. The van der Waals surface area contributed by atoms with Crippen molar-refractivity contribution in [2.45, 2.75) is 12.8 Å². The van der Waals surface area contributed by atoms with Crippen molar-refractivity contribution in [3.63, 3.8) is 0 Å². The van der Waals surface area contributed by atoms with Crippen LogP contribution in [0.5, 0.6) is 0 Å². The monoisotopic (exact) mass is 281 g/mol. The van der Waals surface area contributed by atoms with Gasteiger partial charge in [-0.3, -0.25) is 19.9 Å². The smallest absolute Gasteiger partial charge is 0.276 e. The molecule has 1 aliphatic carbocycles. The van der Waals surface area contributed by atoms with Crippen molar-refractivity contribution < 1.29 is 14.4 Å². The van der Waals surface area contributed by atoms with Crippen LogP contribution in [-0.2, 0) is 9.59 Å². The van der Waals surface area contributed by atoms with Gasteiger partial charge < -0.3 is 0 Å². The Kier molecular flexibility index (Phi) is 2.22. The molecular weight excluding hydrogens is 270 g/mol. The Hall–Kier alpha value is -2.76. The summed E-state index contributed by atoms with van der Waals surface area (Å²) in [6.45, 7) is 0. The molecule has 1 saturated carbocycles. The number of aromatic nitrogens is 1. The number of nitrogens with zero attached hydrogens (tertiary/aromatic N) is 2. The van der Waals surface area contributed by atoms with Crippen LogP contribution in [0.25, 0.3) is 10.9 Å². The summed E-state index contributed by atoms with van der Waals surface area (Å²) in [5, 5.41) is 3.10. The van der Waals surface area contributed by atoms with E-state index in [1.807, 2.05) is 6.07 Å². The maximum absolute atomic E-state index is 12.5. The second-order valence-electron chi connectivity index (χ2n) is 5.36. The van der Waals surface area contributed by atoms with Crippen LogP contribution in [0.15, 0.2) is 36.5 Å². The van der Waals surface area contributed by atoms with Crippen LogP contribution in [0, 0.1) is 5.41 Å². The van der Waals surface area contributed by atoms with Crippen LogP contribution < -0.4 is 10.2 Å². The number of carbonyl (C=O) groups is 3. The summed E-state index contributed by atoms with van der Waals surface area (Å²) in [5.41, 5.74) is 0.206. The first-order valence-corrected chi connectivity index (χ1v) is 6.67. The van der Waals surface area contributed by atoms with Crippen molar-refractivity contribution in [1.29, 1.82) is 0 Å². The molecule has 2 fully saturated rings. The zero-order valence-corrected chi connectivity index (χ0v) is 11.0. The fourth-order valence-electron chi connectivity index (χ4n) is 2.68. The zero-order chi connectivity index (χ0) is 14.6. The van der Waals surface area contributed by atoms with Gasteiger partial charge in [-0.2, -0.15) is 0 Å². The number of pyridine rings is 1. The molecule has 21 heavy (non-hydrogen) atoms. The summed E-state index contributed by atoms with van der Waals surface area (Å²) in [4.78, 5) is 41.6. The van der Waals surface area contributed by atoms with Crippen molar-refractivity contribution in [1.82, 2.24) is 10.3 Å². The summed E-state index contributed by atoms with van der Waals surface area (Å²) in [7, 11) is 0. The van der Waals surface area contributed by atoms with E-state index in [0.717, 1.165) is 15.8 Å². The van der Waals surface area contributed by atoms with Gasteiger partial charge in [0.1, 0.15) is 5.41 Å². The van der Waals surface area contributed by atoms with E-state index in [9.17, 15) is 14.4 Å². The maximum Gasteiger partial charge on any atom is 0.335 e. The zero-order valence-electron chi connectivity index (χ0n) is 11.0. The number of hydrogen-bond acceptors (Lipinski definition) is 4. The maximum atomic E-state index is 12.5. The highest BCUT2D eigenvalue weighted by Crippen LogP contribution is 2.49. The molecule has 1 saturated heterocycles. The molecule has 6 heteroatoms. The molecule has 0 radical (unpaired) electrons. The van der Waals surface area contributed by atoms with E-state index in [2.05, 4.69) is 10.3 Å². The summed E-state index contributed by atoms with van der Waals surface area (Å²) >= 11 is 0. The lowest BCUT2D eigenvalue weighted by Crippen LogP contribution is -2.59. The molecule has 1 aromatic carbocycles. The van der Waals surface area contributed by atoms with Crippen LogP contribution in [0.4, 0.5) is 10.5 Å². The van der Waals surface area contributed by atoms with Gasteiger partial charge in [-0.1, -0.05) is 6.07 Å². The Bertz CT molecular complexity index is 811. The highest BCUT2D eigenvalue weighted by atomic mass is 16.2. The first-order valence-electron chi connectivity index (χ1n) is 6.67. The first kappa shape index (κ1) is 12.0. The molecule has 2 heterocycles. The van der Waals surface area contributed by atoms with E-state index >= 15 is 0 Å². The third-order valence-corrected chi connectivity index (χ3v) is 4.07. The molecule has 1 aromatic heterocycles. The molecule has 1 N–H and O–H groups in total. The quantitative estimate of drug-likeness (QED) is 0.805. The number of amides is 4. The van der Waals surface area contributed by atoms with Crippen molar-refractivity contribution in [3.8, 4) is 0 Å². The van der Waals surface area contributed by atoms with E-state index in [4.69, 9.17) is 0 Å². The minimum Gasteiger partial charge on any atom is -0.276 e. The average molecular weight is 281 g/mol. The number of barbiturate groups is 1. The minimum absolute atomic E-state index is 0.431. The SMILES string of the molecule is O=C1NC(=O)C2(CC2)C(=O)N1c1ccc2ncccc2c1. The Balaban J connectivity index is 1.81. The van der Waals surface area contributed by atoms with Crippen LogP contribution in [-0.4, -0.2) is 22.8 Å². The Morgan fingerprint density at radius 1 is 1.14 bits per heavy atom. The van der Waals surface area contributed by atoms with Gasteiger partial charge in [0.15, 0.2) is 0 Å². The standard InChI is InChI=1S/C15H11N3O3/c19-12-15(5-6-15)13(20)18(14(21)17-12)10-3-4-11-9(8-10)2-1-7-16-11/h1-4,7-8H,5-6H2,(H,17,19,21). The van der Waals surface area contributed by atoms with Crippen molar-refractivity contribution in [2.75, 3.05) is 4.90 Å². The number of carbonyl (C=O) groups excluding carboxylic acids is 3. The van der Waals surface area contributed by atoms with Gasteiger partial charge in [-0.05, 0) is 37.1 Å². The van der Waals surface area contributed by atoms with E-state index in [0.29, 0.717) is 18.5 Å². The summed E-state index contributed by atoms with van der Waals surface area (Å²) in [5.74, 6) is -0.907. The molecule has 1 aliphatic heterocycles. The summed E-state index contributed by atoms with van der Waals surface area (Å²) in [6.07, 6.45) is 2.67. The van der Waals surface area contributed by atoms with Gasteiger partial charge in [0.2, 0.25) is 5.91 Å². The number of nitrogens with one attached hydrogen (secondary N) is 1. The average Bonchev–Trinajstić information content (AvgIpc) is 3.27. The summed E-state index contributed by atoms with van der Waals surface area (Å²) in [6, 6.07) is 8.10. The Morgan fingerprint density at radius 3 is 2.71 bits per heavy atom. The van der Waals surface area contributed by atoms with E-state index < -0.39 is 23.3 Å². The van der Waals surface area contributed by atoms with Gasteiger partial charge in [0.05, 0.1) is 11.2 Å². The van der Waals surface area contributed by atoms with E-state index in [-0.39, 0.29) is 0 Å². The number of urea groups is 1. The highest BCUT2D eigenvalue weighted by Gasteiger charge is 2.62. The lowest BCUT2D eigenvalue weighted by Gasteiger charge is -2.30. The van der Waals surface area contributed by atoms with E-state index in [1.54, 1.807) is 30.5 Å². The molecule has 104 valence electrons. The molecule has 0 bridgehead atoms. The molecular formula is C15H11N3O3. The number of rotatable bonds is 1. The number of anilines is 1. The third kappa shape index (κ3) is 1.59. The lowest BCUT2D eigenvalue weighted by molar-refractivity contribution is -0.136. The predicted molar refractivity (Wildman–Crippen MR) is 74.4 cm³/mol.